The van der Waals surface area contributed by atoms with E-state index < -0.39 is 0 Å². The Labute approximate surface area is 126 Å². The molecule has 3 heterocycles. The number of aromatic nitrogens is 4. The van der Waals surface area contributed by atoms with Crippen molar-refractivity contribution in [2.24, 2.45) is 0 Å². The first-order valence-corrected chi connectivity index (χ1v) is 7.00. The van der Waals surface area contributed by atoms with Crippen LogP contribution < -0.4 is 5.73 Å². The first-order chi connectivity index (χ1) is 10.6. The topological polar surface area (TPSA) is 104 Å². The average molecular weight is 293 g/mol. The molecule has 22 heavy (non-hydrogen) atoms. The Hall–Kier alpha value is -2.86. The third-order valence-electron chi connectivity index (χ3n) is 3.76. The van der Waals surface area contributed by atoms with Gasteiger partial charge < -0.3 is 20.8 Å². The molecule has 6 nitrogen and oxygen atoms in total. The minimum absolute atomic E-state index is 0.0304. The van der Waals surface area contributed by atoms with Gasteiger partial charge in [0.05, 0.1) is 12.1 Å². The number of pyridine rings is 1. The third kappa shape index (κ3) is 1.93. The molecule has 4 aromatic rings. The van der Waals surface area contributed by atoms with Crippen LogP contribution in [0.1, 0.15) is 11.4 Å². The number of nitrogen functional groups attached to an aromatic ring is 1. The van der Waals surface area contributed by atoms with E-state index in [1.165, 1.54) is 0 Å². The lowest BCUT2D eigenvalue weighted by Crippen LogP contribution is -1.92. The Bertz CT molecular complexity index is 999. The molecule has 0 aliphatic rings. The van der Waals surface area contributed by atoms with Crippen LogP contribution in [0.25, 0.3) is 33.3 Å². The maximum Gasteiger partial charge on any atom is 0.180 e. The Morgan fingerprint density at radius 3 is 2.82 bits per heavy atom. The van der Waals surface area contributed by atoms with Crippen LogP contribution in [0.5, 0.6) is 0 Å². The average Bonchev–Trinajstić information content (AvgIpc) is 3.07. The van der Waals surface area contributed by atoms with Gasteiger partial charge in [0.1, 0.15) is 11.6 Å². The number of hydrogen-bond donors (Lipinski definition) is 4. The summed E-state index contributed by atoms with van der Waals surface area (Å²) in [5.74, 6) is 1.23. The number of imidazole rings is 1. The molecule has 0 unspecified atom stereocenters. The number of aryl methyl sites for hydroxylation is 1. The third-order valence-corrected chi connectivity index (χ3v) is 3.76. The van der Waals surface area contributed by atoms with Crippen molar-refractivity contribution < 1.29 is 5.11 Å². The number of fused-ring (bicyclic) bond motifs is 2. The molecule has 1 aromatic carbocycles. The summed E-state index contributed by atoms with van der Waals surface area (Å²) >= 11 is 0. The summed E-state index contributed by atoms with van der Waals surface area (Å²) in [5, 5.41) is 10.3. The van der Waals surface area contributed by atoms with Crippen molar-refractivity contribution in [1.82, 2.24) is 19.9 Å². The van der Waals surface area contributed by atoms with E-state index >= 15 is 0 Å². The molecule has 6 heteroatoms. The molecule has 5 N–H and O–H groups in total. The maximum atomic E-state index is 9.25. The van der Waals surface area contributed by atoms with Gasteiger partial charge in [0, 0.05) is 22.2 Å². The van der Waals surface area contributed by atoms with Crippen LogP contribution in [0.2, 0.25) is 0 Å². The fourth-order valence-corrected chi connectivity index (χ4v) is 2.76. The first-order valence-electron chi connectivity index (χ1n) is 7.00. The monoisotopic (exact) mass is 293 g/mol. The van der Waals surface area contributed by atoms with Gasteiger partial charge in [-0.15, -0.1) is 0 Å². The van der Waals surface area contributed by atoms with E-state index in [0.29, 0.717) is 11.5 Å². The Kier molecular flexibility index (Phi) is 2.67. The maximum absolute atomic E-state index is 9.25. The number of H-pyrrole nitrogens is 2. The van der Waals surface area contributed by atoms with Crippen molar-refractivity contribution in [1.29, 1.82) is 0 Å². The number of rotatable bonds is 2. The molecular formula is C16H15N5O. The fourth-order valence-electron chi connectivity index (χ4n) is 2.76. The van der Waals surface area contributed by atoms with Gasteiger partial charge in [-0.2, -0.15) is 0 Å². The Morgan fingerprint density at radius 1 is 1.14 bits per heavy atom. The van der Waals surface area contributed by atoms with E-state index in [9.17, 15) is 5.11 Å². The number of aromatic amines is 2. The lowest BCUT2D eigenvalue weighted by molar-refractivity contribution is 0.282. The molecule has 0 amide bonds. The minimum Gasteiger partial charge on any atom is -0.392 e. The van der Waals surface area contributed by atoms with Crippen LogP contribution in [0, 0.1) is 6.92 Å². The first kappa shape index (κ1) is 12.8. The Morgan fingerprint density at radius 2 is 2.00 bits per heavy atom. The summed E-state index contributed by atoms with van der Waals surface area (Å²) in [5.41, 5.74) is 11.1. The van der Waals surface area contributed by atoms with Crippen molar-refractivity contribution in [3.8, 4) is 11.3 Å². The molecule has 0 saturated heterocycles. The number of hydrogen-bond acceptors (Lipinski definition) is 4. The molecule has 0 saturated carbocycles. The van der Waals surface area contributed by atoms with Gasteiger partial charge in [0.15, 0.2) is 5.65 Å². The molecule has 0 aliphatic carbocycles. The van der Waals surface area contributed by atoms with Crippen molar-refractivity contribution in [2.75, 3.05) is 5.73 Å². The van der Waals surface area contributed by atoms with Gasteiger partial charge in [0.25, 0.3) is 0 Å². The number of aliphatic hydroxyl groups is 1. The summed E-state index contributed by atoms with van der Waals surface area (Å²) < 4.78 is 0. The highest BCUT2D eigenvalue weighted by Gasteiger charge is 2.12. The molecular weight excluding hydrogens is 278 g/mol. The molecule has 0 atom stereocenters. The van der Waals surface area contributed by atoms with Crippen molar-refractivity contribution in [3.63, 3.8) is 0 Å². The second kappa shape index (κ2) is 4.57. The van der Waals surface area contributed by atoms with Crippen molar-refractivity contribution >= 4 is 27.9 Å². The van der Waals surface area contributed by atoms with E-state index in [0.717, 1.165) is 39.1 Å². The lowest BCUT2D eigenvalue weighted by atomic mass is 10.1. The van der Waals surface area contributed by atoms with Crippen LogP contribution in [0.4, 0.5) is 5.82 Å². The summed E-state index contributed by atoms with van der Waals surface area (Å²) in [6.07, 6.45) is 0. The van der Waals surface area contributed by atoms with Gasteiger partial charge in [-0.05, 0) is 36.8 Å². The van der Waals surface area contributed by atoms with E-state index in [1.807, 2.05) is 37.3 Å². The van der Waals surface area contributed by atoms with Crippen molar-refractivity contribution in [3.05, 3.63) is 41.7 Å². The number of nitrogens with zero attached hydrogens (tertiary/aromatic N) is 2. The number of aliphatic hydroxyl groups excluding tert-OH is 1. The normalized spacial score (nSPS) is 11.5. The highest BCUT2D eigenvalue weighted by Crippen LogP contribution is 2.30. The predicted octanol–water partition coefficient (Wildman–Crippen LogP) is 2.49. The highest BCUT2D eigenvalue weighted by molar-refractivity contribution is 5.95. The Balaban J connectivity index is 1.98. The molecule has 0 aliphatic heterocycles. The van der Waals surface area contributed by atoms with Crippen LogP contribution >= 0.6 is 0 Å². The SMILES string of the molecule is Cc1nc2nc(N)cc(-c3cc4cc(CO)ccc4[nH]3)c2[nH]1. The molecule has 0 bridgehead atoms. The summed E-state index contributed by atoms with van der Waals surface area (Å²) in [7, 11) is 0. The highest BCUT2D eigenvalue weighted by atomic mass is 16.3. The second-order valence-electron chi connectivity index (χ2n) is 5.38. The van der Waals surface area contributed by atoms with E-state index in [4.69, 9.17) is 5.73 Å². The lowest BCUT2D eigenvalue weighted by Gasteiger charge is -2.01. The molecule has 0 radical (unpaired) electrons. The zero-order chi connectivity index (χ0) is 15.3. The summed E-state index contributed by atoms with van der Waals surface area (Å²) in [6.45, 7) is 1.92. The zero-order valence-corrected chi connectivity index (χ0v) is 12.0. The number of nitrogens with one attached hydrogen (secondary N) is 2. The fraction of sp³-hybridized carbons (Fsp3) is 0.125. The van der Waals surface area contributed by atoms with Crippen LogP contribution in [0.15, 0.2) is 30.3 Å². The molecule has 3 aromatic heterocycles. The van der Waals surface area contributed by atoms with E-state index in [-0.39, 0.29) is 6.61 Å². The molecule has 0 spiro atoms. The smallest absolute Gasteiger partial charge is 0.180 e. The van der Waals surface area contributed by atoms with Crippen molar-refractivity contribution in [2.45, 2.75) is 13.5 Å². The van der Waals surface area contributed by atoms with Gasteiger partial charge in [-0.25, -0.2) is 9.97 Å². The zero-order valence-electron chi connectivity index (χ0n) is 12.0. The van der Waals surface area contributed by atoms with Crippen LogP contribution in [-0.2, 0) is 6.61 Å². The van der Waals surface area contributed by atoms with Gasteiger partial charge in [0.2, 0.25) is 0 Å². The summed E-state index contributed by atoms with van der Waals surface area (Å²) in [6, 6.07) is 9.70. The molecule has 4 rings (SSSR count). The van der Waals surface area contributed by atoms with Crippen LogP contribution in [-0.4, -0.2) is 25.0 Å². The van der Waals surface area contributed by atoms with Gasteiger partial charge >= 0.3 is 0 Å². The van der Waals surface area contributed by atoms with Crippen LogP contribution in [0.3, 0.4) is 0 Å². The minimum atomic E-state index is 0.0304. The predicted molar refractivity (Wildman–Crippen MR) is 86.3 cm³/mol. The molecule has 110 valence electrons. The standard InChI is InChI=1S/C16H15N5O/c1-8-18-15-11(6-14(17)21-16(15)19-8)13-5-10-4-9(7-22)2-3-12(10)20-13/h2-6,20,22H,7H2,1H3,(H3,17,18,19,21). The van der Waals surface area contributed by atoms with Gasteiger partial charge in [-0.1, -0.05) is 6.07 Å². The van der Waals surface area contributed by atoms with E-state index in [2.05, 4.69) is 19.9 Å². The molecule has 0 fully saturated rings. The number of nitrogens with two attached hydrogens (primary N) is 1. The van der Waals surface area contributed by atoms with Gasteiger partial charge in [-0.3, -0.25) is 0 Å². The second-order valence-corrected chi connectivity index (χ2v) is 5.38. The number of benzene rings is 1. The quantitative estimate of drug-likeness (QED) is 0.456. The number of anilines is 1. The summed E-state index contributed by atoms with van der Waals surface area (Å²) in [4.78, 5) is 15.2. The largest absolute Gasteiger partial charge is 0.392 e. The van der Waals surface area contributed by atoms with E-state index in [1.54, 1.807) is 0 Å².